The van der Waals surface area contributed by atoms with Gasteiger partial charge in [0.1, 0.15) is 0 Å². The molecule has 120 valence electrons. The number of hydrogen-bond donors (Lipinski definition) is 0. The molecule has 0 amide bonds. The van der Waals surface area contributed by atoms with E-state index in [4.69, 9.17) is 0 Å². The minimum absolute atomic E-state index is 0.0179. The highest BCUT2D eigenvalue weighted by Crippen LogP contribution is 2.28. The first-order chi connectivity index (χ1) is 9.01. The fourth-order valence-corrected chi connectivity index (χ4v) is 1.83. The zero-order chi connectivity index (χ0) is 15.8. The fraction of sp³-hybridized carbons (Fsp3) is 0.917. The van der Waals surface area contributed by atoms with Gasteiger partial charge in [-0.15, -0.1) is 0 Å². The average Bonchev–Trinajstić information content (AvgIpc) is 2.22. The molecule has 1 unspecified atom stereocenters. The molecule has 2 nitrogen and oxygen atoms in total. The van der Waals surface area contributed by atoms with Crippen molar-refractivity contribution in [2.45, 2.75) is 63.7 Å². The van der Waals surface area contributed by atoms with Crippen LogP contribution in [0.25, 0.3) is 0 Å². The van der Waals surface area contributed by atoms with E-state index in [1.807, 2.05) is 0 Å². The van der Waals surface area contributed by atoms with Crippen molar-refractivity contribution in [3.8, 4) is 0 Å². The van der Waals surface area contributed by atoms with Crippen LogP contribution in [0.4, 0.5) is 26.3 Å². The summed E-state index contributed by atoms with van der Waals surface area (Å²) in [6, 6.07) is 0. The van der Waals surface area contributed by atoms with Gasteiger partial charge in [0.05, 0.1) is 6.42 Å². The van der Waals surface area contributed by atoms with E-state index >= 15 is 0 Å². The molecular formula is C12H17F6O2-. The molecule has 20 heavy (non-hydrogen) atoms. The predicted octanol–water partition coefficient (Wildman–Crippen LogP) is 3.60. The largest absolute Gasteiger partial charge is 0.550 e. The van der Waals surface area contributed by atoms with Crippen LogP contribution in [0, 0.1) is 5.92 Å². The van der Waals surface area contributed by atoms with Gasteiger partial charge in [0.2, 0.25) is 0 Å². The molecule has 0 aliphatic rings. The van der Waals surface area contributed by atoms with Crippen molar-refractivity contribution in [1.82, 2.24) is 0 Å². The zero-order valence-electron chi connectivity index (χ0n) is 10.8. The van der Waals surface area contributed by atoms with E-state index in [0.717, 1.165) is 0 Å². The fourth-order valence-electron chi connectivity index (χ4n) is 1.83. The number of alkyl halides is 6. The van der Waals surface area contributed by atoms with E-state index in [-0.39, 0.29) is 19.3 Å². The summed E-state index contributed by atoms with van der Waals surface area (Å²) < 4.78 is 71.6. The van der Waals surface area contributed by atoms with Crippen LogP contribution in [0.15, 0.2) is 0 Å². The van der Waals surface area contributed by atoms with E-state index in [9.17, 15) is 36.2 Å². The van der Waals surface area contributed by atoms with Crippen LogP contribution in [0.5, 0.6) is 0 Å². The van der Waals surface area contributed by atoms with E-state index in [2.05, 4.69) is 0 Å². The number of carbonyl (C=O) groups excluding carboxylic acids is 1. The van der Waals surface area contributed by atoms with Gasteiger partial charge in [0.15, 0.2) is 0 Å². The molecule has 0 bridgehead atoms. The van der Waals surface area contributed by atoms with Gasteiger partial charge in [-0.2, -0.15) is 26.3 Å². The Morgan fingerprint density at radius 2 is 1.35 bits per heavy atom. The van der Waals surface area contributed by atoms with Crippen LogP contribution in [0.3, 0.4) is 0 Å². The molecule has 0 N–H and O–H groups in total. The number of aliphatic carboxylic acids is 1. The first-order valence-electron chi connectivity index (χ1n) is 6.35. The quantitative estimate of drug-likeness (QED) is 0.482. The number of carboxylic acid groups (broad SMARTS) is 1. The molecule has 0 aromatic heterocycles. The second kappa shape index (κ2) is 8.36. The van der Waals surface area contributed by atoms with E-state index < -0.39 is 37.1 Å². The first kappa shape index (κ1) is 19.1. The summed E-state index contributed by atoms with van der Waals surface area (Å²) in [5.41, 5.74) is 0. The molecule has 0 aromatic rings. The van der Waals surface area contributed by atoms with Crippen molar-refractivity contribution in [3.05, 3.63) is 0 Å². The third kappa shape index (κ3) is 12.1. The molecule has 0 rings (SSSR count). The standard InChI is InChI=1S/C12H18F6O2/c13-11(14,15)7-5-3-1-2-4-6-9(10(19)20)8-12(16,17)18/h9H,1-8H2,(H,19,20)/p-1. The third-order valence-corrected chi connectivity index (χ3v) is 2.82. The predicted molar refractivity (Wildman–Crippen MR) is 57.5 cm³/mol. The van der Waals surface area contributed by atoms with E-state index in [1.165, 1.54) is 0 Å². The molecule has 0 fully saturated rings. The SMILES string of the molecule is O=C([O-])C(CCCCCCCC(F)(F)F)CC(F)(F)F. The van der Waals surface area contributed by atoms with Crippen LogP contribution in [-0.2, 0) is 4.79 Å². The number of unbranched alkanes of at least 4 members (excludes halogenated alkanes) is 4. The summed E-state index contributed by atoms with van der Waals surface area (Å²) in [6.07, 6.45) is -9.80. The van der Waals surface area contributed by atoms with Crippen molar-refractivity contribution in [2.75, 3.05) is 0 Å². The maximum Gasteiger partial charge on any atom is 0.389 e. The first-order valence-corrected chi connectivity index (χ1v) is 6.35. The Labute approximate surface area is 113 Å². The molecule has 1 atom stereocenters. The van der Waals surface area contributed by atoms with E-state index in [0.29, 0.717) is 19.3 Å². The van der Waals surface area contributed by atoms with Gasteiger partial charge in [-0.25, -0.2) is 0 Å². The van der Waals surface area contributed by atoms with Gasteiger partial charge in [0.25, 0.3) is 0 Å². The average molecular weight is 307 g/mol. The Hall–Kier alpha value is -0.950. The minimum Gasteiger partial charge on any atom is -0.550 e. The Morgan fingerprint density at radius 3 is 1.80 bits per heavy atom. The number of carbonyl (C=O) groups is 1. The summed E-state index contributed by atoms with van der Waals surface area (Å²) in [5, 5.41) is 10.5. The minimum atomic E-state index is -4.56. The topological polar surface area (TPSA) is 40.1 Å². The van der Waals surface area contributed by atoms with Crippen LogP contribution in [0.2, 0.25) is 0 Å². The van der Waals surface area contributed by atoms with Crippen LogP contribution in [-0.4, -0.2) is 18.3 Å². The molecule has 0 radical (unpaired) electrons. The normalized spacial score (nSPS) is 14.3. The van der Waals surface area contributed by atoms with Crippen molar-refractivity contribution < 1.29 is 36.2 Å². The van der Waals surface area contributed by atoms with Gasteiger partial charge in [-0.3, -0.25) is 0 Å². The van der Waals surface area contributed by atoms with Gasteiger partial charge in [-0.05, 0) is 12.8 Å². The summed E-state index contributed by atoms with van der Waals surface area (Å²) in [6.45, 7) is 0. The summed E-state index contributed by atoms with van der Waals surface area (Å²) in [5.74, 6) is -3.32. The van der Waals surface area contributed by atoms with Gasteiger partial charge in [-0.1, -0.05) is 25.7 Å². The highest BCUT2D eigenvalue weighted by molar-refractivity contribution is 5.67. The second-order valence-corrected chi connectivity index (χ2v) is 4.76. The molecule has 8 heteroatoms. The zero-order valence-corrected chi connectivity index (χ0v) is 10.8. The van der Waals surface area contributed by atoms with Gasteiger partial charge >= 0.3 is 12.4 Å². The van der Waals surface area contributed by atoms with Crippen molar-refractivity contribution >= 4 is 5.97 Å². The third-order valence-electron chi connectivity index (χ3n) is 2.82. The lowest BCUT2D eigenvalue weighted by molar-refractivity contribution is -0.315. The van der Waals surface area contributed by atoms with Crippen LogP contribution >= 0.6 is 0 Å². The highest BCUT2D eigenvalue weighted by Gasteiger charge is 2.32. The van der Waals surface area contributed by atoms with Gasteiger partial charge in [0, 0.05) is 18.3 Å². The lowest BCUT2D eigenvalue weighted by atomic mass is 9.97. The summed E-state index contributed by atoms with van der Waals surface area (Å²) >= 11 is 0. The molecule has 0 heterocycles. The van der Waals surface area contributed by atoms with Crippen molar-refractivity contribution in [3.63, 3.8) is 0 Å². The Bertz CT molecular complexity index is 285. The van der Waals surface area contributed by atoms with Crippen LogP contribution < -0.4 is 5.11 Å². The highest BCUT2D eigenvalue weighted by atomic mass is 19.4. The number of halogens is 6. The monoisotopic (exact) mass is 307 g/mol. The second-order valence-electron chi connectivity index (χ2n) is 4.76. The number of rotatable bonds is 9. The smallest absolute Gasteiger partial charge is 0.389 e. The molecule has 0 aromatic carbocycles. The molecule has 0 saturated heterocycles. The molecule has 0 aliphatic carbocycles. The maximum absolute atomic E-state index is 12.1. The van der Waals surface area contributed by atoms with Crippen LogP contribution in [0.1, 0.15) is 51.4 Å². The summed E-state index contributed by atoms with van der Waals surface area (Å²) in [7, 11) is 0. The molecule has 0 spiro atoms. The summed E-state index contributed by atoms with van der Waals surface area (Å²) in [4.78, 5) is 10.5. The Kier molecular flexibility index (Phi) is 7.96. The molecule has 0 saturated carbocycles. The Morgan fingerprint density at radius 1 is 0.850 bits per heavy atom. The van der Waals surface area contributed by atoms with E-state index in [1.54, 1.807) is 0 Å². The number of hydrogen-bond acceptors (Lipinski definition) is 2. The Balaban J connectivity index is 3.73. The van der Waals surface area contributed by atoms with Crippen molar-refractivity contribution in [2.24, 2.45) is 5.92 Å². The number of carboxylic acids is 1. The maximum atomic E-state index is 12.1. The molecule has 0 aliphatic heterocycles. The lowest BCUT2D eigenvalue weighted by Gasteiger charge is -2.19. The van der Waals surface area contributed by atoms with Gasteiger partial charge < -0.3 is 9.90 Å². The lowest BCUT2D eigenvalue weighted by Crippen LogP contribution is -2.34. The molecular weight excluding hydrogens is 290 g/mol. The van der Waals surface area contributed by atoms with Crippen molar-refractivity contribution in [1.29, 1.82) is 0 Å².